The molecule has 0 radical (unpaired) electrons. The number of furan rings is 1. The van der Waals surface area contributed by atoms with Gasteiger partial charge in [-0.3, -0.25) is 9.59 Å². The van der Waals surface area contributed by atoms with E-state index in [4.69, 9.17) is 14.9 Å². The second-order valence-electron chi connectivity index (χ2n) is 10.7. The molecule has 5 aromatic rings. The van der Waals surface area contributed by atoms with Gasteiger partial charge in [-0.2, -0.15) is 0 Å². The van der Waals surface area contributed by atoms with Gasteiger partial charge in [-0.1, -0.05) is 6.07 Å². The zero-order chi connectivity index (χ0) is 29.6. The minimum atomic E-state index is -0.642. The Bertz CT molecular complexity index is 1860. The molecule has 0 spiro atoms. The van der Waals surface area contributed by atoms with Crippen molar-refractivity contribution in [2.24, 2.45) is 5.73 Å². The topological polar surface area (TPSA) is 120 Å². The Balaban J connectivity index is 1.33. The van der Waals surface area contributed by atoms with Crippen LogP contribution in [0.15, 0.2) is 71.3 Å². The van der Waals surface area contributed by atoms with Crippen molar-refractivity contribution < 1.29 is 23.1 Å². The molecule has 1 aliphatic rings. The number of amides is 2. The summed E-state index contributed by atoms with van der Waals surface area (Å²) in [5.41, 5.74) is 10.5. The van der Waals surface area contributed by atoms with Crippen molar-refractivity contribution >= 4 is 22.8 Å². The minimum Gasteiger partial charge on any atom is -0.496 e. The highest BCUT2D eigenvalue weighted by Gasteiger charge is 2.49. The van der Waals surface area contributed by atoms with Crippen LogP contribution in [0.1, 0.15) is 61.8 Å². The molecule has 42 heavy (non-hydrogen) atoms. The van der Waals surface area contributed by atoms with Crippen molar-refractivity contribution in [3.63, 3.8) is 0 Å². The maximum Gasteiger partial charge on any atom is 0.255 e. The second kappa shape index (κ2) is 10.4. The largest absolute Gasteiger partial charge is 0.496 e. The lowest BCUT2D eigenvalue weighted by atomic mass is 9.95. The number of rotatable bonds is 8. The number of benzene rings is 3. The van der Waals surface area contributed by atoms with Gasteiger partial charge in [0.1, 0.15) is 28.4 Å². The van der Waals surface area contributed by atoms with E-state index < -0.39 is 17.3 Å². The maximum atomic E-state index is 13.6. The third-order valence-electron chi connectivity index (χ3n) is 7.73. The molecule has 1 saturated carbocycles. The number of aryl methyl sites for hydroxylation is 2. The van der Waals surface area contributed by atoms with E-state index in [1.165, 1.54) is 12.1 Å². The molecule has 8 nitrogen and oxygen atoms in total. The van der Waals surface area contributed by atoms with Crippen molar-refractivity contribution in [2.75, 3.05) is 7.11 Å². The molecular formula is C33H29FN4O4. The summed E-state index contributed by atoms with van der Waals surface area (Å²) in [5, 5.41) is 3.71. The lowest BCUT2D eigenvalue weighted by Crippen LogP contribution is -2.36. The third kappa shape index (κ3) is 4.98. The van der Waals surface area contributed by atoms with Crippen LogP contribution >= 0.6 is 0 Å². The van der Waals surface area contributed by atoms with Crippen LogP contribution in [0.5, 0.6) is 5.75 Å². The standard InChI is InChI=1S/C33H29FN4O4/c1-18-14-27(41-3)25(31(40)38-33(11-12-33)32-36-13-10-19(2)37-32)17-22(18)15-20-4-9-26-24(16-20)28(30(35)39)29(42-26)21-5-7-23(34)8-6-21/h4-10,13-14,16-17H,11-12,15H2,1-3H3,(H2,35,39)(H,38,40). The first kappa shape index (κ1) is 27.1. The molecule has 6 rings (SSSR count). The number of hydrogen-bond donors (Lipinski definition) is 2. The van der Waals surface area contributed by atoms with E-state index in [2.05, 4.69) is 15.3 Å². The lowest BCUT2D eigenvalue weighted by Gasteiger charge is -2.19. The van der Waals surface area contributed by atoms with Crippen LogP contribution in [-0.2, 0) is 12.0 Å². The molecule has 2 heterocycles. The van der Waals surface area contributed by atoms with Crippen LogP contribution in [0.4, 0.5) is 4.39 Å². The van der Waals surface area contributed by atoms with Gasteiger partial charge in [0.15, 0.2) is 5.82 Å². The quantitative estimate of drug-likeness (QED) is 0.247. The Labute approximate surface area is 241 Å². The summed E-state index contributed by atoms with van der Waals surface area (Å²) in [6.45, 7) is 3.86. The average Bonchev–Trinajstić information content (AvgIpc) is 3.65. The van der Waals surface area contributed by atoms with Crippen molar-refractivity contribution in [3.05, 3.63) is 112 Å². The van der Waals surface area contributed by atoms with E-state index in [0.717, 1.165) is 35.2 Å². The number of carbonyl (C=O) groups excluding carboxylic acids is 2. The molecular weight excluding hydrogens is 535 g/mol. The molecule has 0 aliphatic heterocycles. The van der Waals surface area contributed by atoms with Crippen LogP contribution in [0.25, 0.3) is 22.3 Å². The first-order chi connectivity index (χ1) is 20.2. The first-order valence-electron chi connectivity index (χ1n) is 13.6. The summed E-state index contributed by atoms with van der Waals surface area (Å²) in [5.74, 6) is 0.0791. The molecule has 0 unspecified atom stereocenters. The van der Waals surface area contributed by atoms with Crippen LogP contribution in [0, 0.1) is 19.7 Å². The number of primary amides is 1. The summed E-state index contributed by atoms with van der Waals surface area (Å²) >= 11 is 0. The van der Waals surface area contributed by atoms with Gasteiger partial charge in [0.25, 0.3) is 11.8 Å². The monoisotopic (exact) mass is 564 g/mol. The van der Waals surface area contributed by atoms with E-state index in [-0.39, 0.29) is 11.5 Å². The molecule has 3 aromatic carbocycles. The zero-order valence-corrected chi connectivity index (χ0v) is 23.5. The number of halogens is 1. The van der Waals surface area contributed by atoms with Crippen molar-refractivity contribution in [3.8, 4) is 17.1 Å². The van der Waals surface area contributed by atoms with Gasteiger partial charge in [-0.05, 0) is 104 Å². The summed E-state index contributed by atoms with van der Waals surface area (Å²) in [6.07, 6.45) is 3.71. The summed E-state index contributed by atoms with van der Waals surface area (Å²) in [7, 11) is 1.54. The third-order valence-corrected chi connectivity index (χ3v) is 7.73. The number of nitrogens with two attached hydrogens (primary N) is 1. The Morgan fingerprint density at radius 2 is 1.83 bits per heavy atom. The summed E-state index contributed by atoms with van der Waals surface area (Å²) < 4.78 is 25.1. The predicted octanol–water partition coefficient (Wildman–Crippen LogP) is 5.76. The molecule has 1 aliphatic carbocycles. The van der Waals surface area contributed by atoms with E-state index >= 15 is 0 Å². The van der Waals surface area contributed by atoms with E-state index in [9.17, 15) is 14.0 Å². The van der Waals surface area contributed by atoms with Gasteiger partial charge in [0, 0.05) is 22.8 Å². The van der Waals surface area contributed by atoms with Crippen LogP contribution in [0.2, 0.25) is 0 Å². The Morgan fingerprint density at radius 1 is 1.07 bits per heavy atom. The highest BCUT2D eigenvalue weighted by molar-refractivity contribution is 6.10. The molecule has 212 valence electrons. The van der Waals surface area contributed by atoms with Crippen LogP contribution < -0.4 is 15.8 Å². The molecule has 2 amide bonds. The van der Waals surface area contributed by atoms with Gasteiger partial charge >= 0.3 is 0 Å². The minimum absolute atomic E-state index is 0.234. The fourth-order valence-electron chi connectivity index (χ4n) is 5.28. The summed E-state index contributed by atoms with van der Waals surface area (Å²) in [4.78, 5) is 35.0. The SMILES string of the molecule is COc1cc(C)c(Cc2ccc3oc(-c4ccc(F)cc4)c(C(N)=O)c3c2)cc1C(=O)NC1(c2nccc(C)n2)CC1. The predicted molar refractivity (Wildman–Crippen MR) is 156 cm³/mol. The number of methoxy groups -OCH3 is 1. The van der Waals surface area contributed by atoms with Crippen molar-refractivity contribution in [1.82, 2.24) is 15.3 Å². The van der Waals surface area contributed by atoms with Gasteiger partial charge in [-0.25, -0.2) is 14.4 Å². The van der Waals surface area contributed by atoms with Gasteiger partial charge in [0.2, 0.25) is 0 Å². The van der Waals surface area contributed by atoms with Crippen molar-refractivity contribution in [2.45, 2.75) is 38.6 Å². The van der Waals surface area contributed by atoms with Crippen molar-refractivity contribution in [1.29, 1.82) is 0 Å². The molecule has 0 saturated heterocycles. The molecule has 2 aromatic heterocycles. The van der Waals surface area contributed by atoms with E-state index in [0.29, 0.717) is 45.9 Å². The number of nitrogens with zero attached hydrogens (tertiary/aromatic N) is 2. The molecule has 0 atom stereocenters. The normalized spacial score (nSPS) is 13.6. The number of ether oxygens (including phenoxy) is 1. The Kier molecular flexibility index (Phi) is 6.73. The number of hydrogen-bond acceptors (Lipinski definition) is 6. The lowest BCUT2D eigenvalue weighted by molar-refractivity contribution is 0.0924. The molecule has 0 bridgehead atoms. The number of aromatic nitrogens is 2. The van der Waals surface area contributed by atoms with E-state index in [1.54, 1.807) is 31.5 Å². The van der Waals surface area contributed by atoms with Gasteiger partial charge in [-0.15, -0.1) is 0 Å². The second-order valence-corrected chi connectivity index (χ2v) is 10.7. The number of nitrogens with one attached hydrogen (secondary N) is 1. The fraction of sp³-hybridized carbons (Fsp3) is 0.212. The Hall–Kier alpha value is -5.05. The van der Waals surface area contributed by atoms with Crippen LogP contribution in [-0.4, -0.2) is 28.9 Å². The summed E-state index contributed by atoms with van der Waals surface area (Å²) in [6, 6.07) is 16.8. The van der Waals surface area contributed by atoms with E-state index in [1.807, 2.05) is 44.2 Å². The highest BCUT2D eigenvalue weighted by atomic mass is 19.1. The number of carbonyl (C=O) groups is 2. The van der Waals surface area contributed by atoms with Gasteiger partial charge in [0.05, 0.1) is 18.2 Å². The average molecular weight is 565 g/mol. The first-order valence-corrected chi connectivity index (χ1v) is 13.6. The Morgan fingerprint density at radius 3 is 2.50 bits per heavy atom. The number of fused-ring (bicyclic) bond motifs is 1. The molecule has 3 N–H and O–H groups in total. The molecule has 9 heteroatoms. The maximum absolute atomic E-state index is 13.6. The van der Waals surface area contributed by atoms with Gasteiger partial charge < -0.3 is 20.2 Å². The zero-order valence-electron chi connectivity index (χ0n) is 23.5. The fourth-order valence-corrected chi connectivity index (χ4v) is 5.28. The smallest absolute Gasteiger partial charge is 0.255 e. The highest BCUT2D eigenvalue weighted by Crippen LogP contribution is 2.44. The molecule has 1 fully saturated rings. The van der Waals surface area contributed by atoms with Crippen LogP contribution in [0.3, 0.4) is 0 Å².